The summed E-state index contributed by atoms with van der Waals surface area (Å²) in [4.78, 5) is 0. The van der Waals surface area contributed by atoms with Gasteiger partial charge in [0.25, 0.3) is 0 Å². The minimum absolute atomic E-state index is 0. The zero-order valence-corrected chi connectivity index (χ0v) is 8.82. The number of halogens is 4. The second kappa shape index (κ2) is 4.40. The Balaban J connectivity index is 0. The minimum Gasteiger partial charge on any atom is 0 e. The van der Waals surface area contributed by atoms with Gasteiger partial charge in [0.2, 0.25) is 0 Å². The Kier molecular flexibility index (Phi) is 8.30. The monoisotopic (exact) mass is 344 g/mol. The Morgan fingerprint density at radius 2 is 0.833 bits per heavy atom. The van der Waals surface area contributed by atoms with E-state index in [-0.39, 0.29) is 20.4 Å². The van der Waals surface area contributed by atoms with E-state index in [9.17, 15) is 0 Å². The molecular formula is Cl4MoPd. The summed E-state index contributed by atoms with van der Waals surface area (Å²) in [5, 5.41) is 0. The Labute approximate surface area is 69.0 Å². The molecule has 0 N–H and O–H groups in total. The van der Waals surface area contributed by atoms with Crippen molar-refractivity contribution in [1.29, 1.82) is 0 Å². The summed E-state index contributed by atoms with van der Waals surface area (Å²) >= 11 is -3.13. The van der Waals surface area contributed by atoms with Crippen LogP contribution in [0.5, 0.6) is 0 Å². The standard InChI is InChI=1S/4ClH.Mo.Pd/h4*1H;;/q;;;;+4;/p-4. The molecular weight excluding hydrogens is 344 g/mol. The van der Waals surface area contributed by atoms with E-state index in [1.54, 1.807) is 0 Å². The molecule has 0 aliphatic rings. The van der Waals surface area contributed by atoms with Crippen LogP contribution in [0, 0.1) is 0 Å². The van der Waals surface area contributed by atoms with Crippen molar-refractivity contribution in [3.8, 4) is 0 Å². The van der Waals surface area contributed by atoms with Gasteiger partial charge in [-0.15, -0.1) is 0 Å². The van der Waals surface area contributed by atoms with Crippen molar-refractivity contribution in [3.63, 3.8) is 0 Å². The maximum Gasteiger partial charge on any atom is 0 e. The van der Waals surface area contributed by atoms with E-state index in [0.717, 1.165) is 0 Å². The quantitative estimate of drug-likeness (QED) is 0.593. The Bertz CT molecular complexity index is 23.0. The van der Waals surface area contributed by atoms with Crippen LogP contribution >= 0.6 is 37.7 Å². The first-order chi connectivity index (χ1) is 2.00. The largest absolute Gasteiger partial charge is 0 e. The first kappa shape index (κ1) is 11.3. The molecule has 0 amide bonds. The zero-order valence-electron chi connectivity index (χ0n) is 2.24. The Morgan fingerprint density at radius 3 is 0.833 bits per heavy atom. The van der Waals surface area contributed by atoms with Crippen LogP contribution in [0.3, 0.4) is 0 Å². The minimum atomic E-state index is -3.13. The number of hydrogen-bond donors (Lipinski definition) is 0. The summed E-state index contributed by atoms with van der Waals surface area (Å²) in [6.07, 6.45) is 0. The van der Waals surface area contributed by atoms with Gasteiger partial charge in [0, 0.05) is 20.4 Å². The van der Waals surface area contributed by atoms with Crippen molar-refractivity contribution in [3.05, 3.63) is 0 Å². The average Bonchev–Trinajstić information content (AvgIpc) is 0.722. The average molecular weight is 344 g/mol. The molecule has 44 valence electrons. The van der Waals surface area contributed by atoms with Gasteiger partial charge in [-0.05, 0) is 0 Å². The third kappa shape index (κ3) is 31.4. The van der Waals surface area contributed by atoms with Crippen LogP contribution in [-0.4, -0.2) is 0 Å². The molecule has 0 aromatic rings. The second-order valence-electron chi connectivity index (χ2n) is 0.350. The SMILES string of the molecule is [Cl][Mo]([Cl])([Cl])[Cl].[Pd]. The molecule has 0 aliphatic carbocycles. The number of hydrogen-bond acceptors (Lipinski definition) is 0. The van der Waals surface area contributed by atoms with Gasteiger partial charge in [-0.2, -0.15) is 0 Å². The third-order valence-corrected chi connectivity index (χ3v) is 0. The Morgan fingerprint density at radius 1 is 0.833 bits per heavy atom. The van der Waals surface area contributed by atoms with Crippen molar-refractivity contribution >= 4 is 37.7 Å². The van der Waals surface area contributed by atoms with E-state index >= 15 is 0 Å². The van der Waals surface area contributed by atoms with Crippen molar-refractivity contribution in [2.45, 2.75) is 0 Å². The topological polar surface area (TPSA) is 0 Å². The van der Waals surface area contributed by atoms with E-state index in [4.69, 9.17) is 37.7 Å². The van der Waals surface area contributed by atoms with Crippen LogP contribution in [-0.2, 0) is 32.3 Å². The number of rotatable bonds is 0. The van der Waals surface area contributed by atoms with Crippen LogP contribution in [0.4, 0.5) is 0 Å². The van der Waals surface area contributed by atoms with Crippen LogP contribution < -0.4 is 0 Å². The van der Waals surface area contributed by atoms with Crippen LogP contribution in [0.15, 0.2) is 0 Å². The first-order valence-corrected chi connectivity index (χ1v) is 11.0. The fourth-order valence-corrected chi connectivity index (χ4v) is 0. The molecule has 0 saturated heterocycles. The molecule has 6 heavy (non-hydrogen) atoms. The van der Waals surface area contributed by atoms with Gasteiger partial charge in [-0.3, -0.25) is 0 Å². The van der Waals surface area contributed by atoms with Gasteiger partial charge in [-0.25, -0.2) is 0 Å². The smallest absolute Gasteiger partial charge is 0 e. The fraction of sp³-hybridized carbons (Fsp3) is 0. The Hall–Kier alpha value is 2.51. The van der Waals surface area contributed by atoms with Crippen LogP contribution in [0.1, 0.15) is 0 Å². The maximum absolute atomic E-state index is 5.02. The predicted molar refractivity (Wildman–Crippen MR) is 23.4 cm³/mol. The van der Waals surface area contributed by atoms with Crippen LogP contribution in [0.2, 0.25) is 0 Å². The third-order valence-electron chi connectivity index (χ3n) is 0. The van der Waals surface area contributed by atoms with E-state index in [2.05, 4.69) is 0 Å². The van der Waals surface area contributed by atoms with E-state index < -0.39 is 11.9 Å². The summed E-state index contributed by atoms with van der Waals surface area (Å²) in [6.45, 7) is 0. The summed E-state index contributed by atoms with van der Waals surface area (Å²) in [5.74, 6) is 0. The molecule has 0 fully saturated rings. The van der Waals surface area contributed by atoms with Gasteiger partial charge in [0.05, 0.1) is 0 Å². The molecule has 6 heteroatoms. The van der Waals surface area contributed by atoms with Crippen molar-refractivity contribution in [2.75, 3.05) is 0 Å². The summed E-state index contributed by atoms with van der Waals surface area (Å²) in [6, 6.07) is 0. The molecule has 0 nitrogen and oxygen atoms in total. The van der Waals surface area contributed by atoms with Gasteiger partial charge in [0.1, 0.15) is 0 Å². The fourth-order valence-electron chi connectivity index (χ4n) is 0. The molecule has 0 bridgehead atoms. The van der Waals surface area contributed by atoms with Gasteiger partial charge in [0.15, 0.2) is 0 Å². The normalized spacial score (nSPS) is 12.7. The van der Waals surface area contributed by atoms with Gasteiger partial charge < -0.3 is 0 Å². The molecule has 0 aromatic carbocycles. The predicted octanol–water partition coefficient (Wildman–Crippen LogP) is 2.75. The maximum atomic E-state index is 5.02. The van der Waals surface area contributed by atoms with E-state index in [1.165, 1.54) is 0 Å². The zero-order chi connectivity index (χ0) is 4.50. The van der Waals surface area contributed by atoms with Crippen molar-refractivity contribution < 1.29 is 32.3 Å². The summed E-state index contributed by atoms with van der Waals surface area (Å²) in [5.41, 5.74) is 0. The van der Waals surface area contributed by atoms with E-state index in [1.807, 2.05) is 0 Å². The molecule has 0 unspecified atom stereocenters. The van der Waals surface area contributed by atoms with E-state index in [0.29, 0.717) is 0 Å². The molecule has 0 rings (SSSR count). The summed E-state index contributed by atoms with van der Waals surface area (Å²) < 4.78 is 0. The van der Waals surface area contributed by atoms with Crippen molar-refractivity contribution in [1.82, 2.24) is 0 Å². The molecule has 0 radical (unpaired) electrons. The van der Waals surface area contributed by atoms with Crippen molar-refractivity contribution in [2.24, 2.45) is 0 Å². The molecule has 0 spiro atoms. The second-order valence-corrected chi connectivity index (χ2v) is 18.6. The molecule has 0 atom stereocenters. The molecule has 0 saturated carbocycles. The first-order valence-electron chi connectivity index (χ1n) is 0.617. The van der Waals surface area contributed by atoms with Gasteiger partial charge in [-0.1, -0.05) is 0 Å². The van der Waals surface area contributed by atoms with Gasteiger partial charge >= 0.3 is 49.6 Å². The molecule has 0 aliphatic heterocycles. The van der Waals surface area contributed by atoms with Crippen LogP contribution in [0.25, 0.3) is 0 Å². The summed E-state index contributed by atoms with van der Waals surface area (Å²) in [7, 11) is 20.1. The molecule has 0 heterocycles. The molecule has 0 aromatic heterocycles.